The predicted molar refractivity (Wildman–Crippen MR) is 125 cm³/mol. The van der Waals surface area contributed by atoms with Crippen molar-refractivity contribution in [2.45, 2.75) is 25.3 Å². The summed E-state index contributed by atoms with van der Waals surface area (Å²) in [6, 6.07) is 3.92. The van der Waals surface area contributed by atoms with Crippen molar-refractivity contribution >= 4 is 34.7 Å². The van der Waals surface area contributed by atoms with Crippen LogP contribution < -0.4 is 16.0 Å². The highest BCUT2D eigenvalue weighted by Crippen LogP contribution is 2.34. The number of anilines is 3. The van der Waals surface area contributed by atoms with Gasteiger partial charge in [-0.1, -0.05) is 0 Å². The van der Waals surface area contributed by atoms with Crippen molar-refractivity contribution in [2.24, 2.45) is 5.11 Å². The number of aliphatic hydroxyl groups excluding tert-OH is 1. The Kier molecular flexibility index (Phi) is 6.73. The van der Waals surface area contributed by atoms with Crippen molar-refractivity contribution in [3.05, 3.63) is 24.4 Å². The minimum atomic E-state index is -3.24. The molecular formula is C21H26F2N10O2. The third kappa shape index (κ3) is 4.69. The largest absolute Gasteiger partial charge is 0.387 e. The number of nitrogens with zero attached hydrogens (tertiary/aromatic N) is 6. The van der Waals surface area contributed by atoms with Crippen LogP contribution in [0, 0.1) is 5.53 Å². The molecule has 0 spiro atoms. The second kappa shape index (κ2) is 9.74. The highest BCUT2D eigenvalue weighted by atomic mass is 19.3. The molecule has 3 aromatic rings. The summed E-state index contributed by atoms with van der Waals surface area (Å²) in [5.74, 6) is -3.09. The van der Waals surface area contributed by atoms with Gasteiger partial charge in [-0.15, -0.1) is 5.10 Å². The van der Waals surface area contributed by atoms with E-state index in [1.165, 1.54) is 4.52 Å². The number of nitrogens with one attached hydrogen (secondary N) is 4. The van der Waals surface area contributed by atoms with E-state index in [4.69, 9.17) is 10.6 Å². The minimum absolute atomic E-state index is 0.000242. The Bertz CT molecular complexity index is 1250. The van der Waals surface area contributed by atoms with E-state index in [0.717, 1.165) is 4.90 Å². The van der Waals surface area contributed by atoms with Crippen molar-refractivity contribution in [1.29, 1.82) is 5.53 Å². The summed E-state index contributed by atoms with van der Waals surface area (Å²) in [4.78, 5) is 21.6. The molecule has 0 unspecified atom stereocenters. The van der Waals surface area contributed by atoms with Crippen LogP contribution in [0.3, 0.4) is 0 Å². The lowest BCUT2D eigenvalue weighted by atomic mass is 10.0. The van der Waals surface area contributed by atoms with Gasteiger partial charge in [0.25, 0.3) is 5.92 Å². The number of alkyl halides is 2. The molecule has 1 aliphatic rings. The van der Waals surface area contributed by atoms with Gasteiger partial charge < -0.3 is 26.0 Å². The van der Waals surface area contributed by atoms with Crippen LogP contribution in [0.15, 0.2) is 29.5 Å². The van der Waals surface area contributed by atoms with E-state index < -0.39 is 31.0 Å². The Labute approximate surface area is 199 Å². The molecule has 4 rings (SSSR count). The van der Waals surface area contributed by atoms with E-state index in [1.807, 2.05) is 6.92 Å². The number of pyridine rings is 1. The van der Waals surface area contributed by atoms with Gasteiger partial charge in [-0.2, -0.15) is 10.1 Å². The predicted octanol–water partition coefficient (Wildman–Crippen LogP) is 2.57. The van der Waals surface area contributed by atoms with Gasteiger partial charge in [0.1, 0.15) is 17.8 Å². The summed E-state index contributed by atoms with van der Waals surface area (Å²) in [5.41, 5.74) is 9.63. The van der Waals surface area contributed by atoms with E-state index in [0.29, 0.717) is 40.6 Å². The third-order valence-corrected chi connectivity index (χ3v) is 5.75. The number of aromatic nitrogens is 4. The maximum atomic E-state index is 14.7. The topological polar surface area (TPSA) is 156 Å². The van der Waals surface area contributed by atoms with E-state index in [2.05, 4.69) is 36.1 Å². The van der Waals surface area contributed by atoms with E-state index in [9.17, 15) is 13.6 Å². The van der Waals surface area contributed by atoms with Crippen molar-refractivity contribution in [1.82, 2.24) is 24.5 Å². The zero-order chi connectivity index (χ0) is 25.2. The summed E-state index contributed by atoms with van der Waals surface area (Å²) < 4.78 is 31.0. The second-order valence-electron chi connectivity index (χ2n) is 7.98. The third-order valence-electron chi connectivity index (χ3n) is 5.75. The molecule has 0 aliphatic carbocycles. The van der Waals surface area contributed by atoms with Gasteiger partial charge in [0.05, 0.1) is 18.3 Å². The standard InChI is InChI=1S/C21H26F2N10O2/c1-3-26-18-14(30-24)5-4-13(27-18)12-6-9-33-17(12)19(25-2)29-20(31-33)28-15-7-8-32(16(35)10-34)11-21(15,22)23/h4-6,9,15,24,34H,3,7-8,10-11H2,1-2H3,(H,26,27)(H2,25,28,29,31)/t15-/m1/s1. The summed E-state index contributed by atoms with van der Waals surface area (Å²) in [7, 11) is 1.66. The van der Waals surface area contributed by atoms with Crippen LogP contribution in [0.5, 0.6) is 0 Å². The number of hydrogen-bond donors (Lipinski definition) is 5. The average Bonchev–Trinajstić information content (AvgIpc) is 3.28. The minimum Gasteiger partial charge on any atom is -0.387 e. The molecule has 0 radical (unpaired) electrons. The number of aliphatic hydroxyl groups is 1. The summed E-state index contributed by atoms with van der Waals surface area (Å²) in [6.07, 6.45) is 1.65. The first kappa shape index (κ1) is 24.2. The van der Waals surface area contributed by atoms with Gasteiger partial charge in [-0.3, -0.25) is 4.79 Å². The van der Waals surface area contributed by atoms with E-state index in [1.54, 1.807) is 31.4 Å². The molecule has 1 fully saturated rings. The highest BCUT2D eigenvalue weighted by Gasteiger charge is 2.46. The lowest BCUT2D eigenvalue weighted by molar-refractivity contribution is -0.145. The Morgan fingerprint density at radius 1 is 1.31 bits per heavy atom. The number of carbonyl (C=O) groups is 1. The van der Waals surface area contributed by atoms with Crippen LogP contribution in [0.1, 0.15) is 13.3 Å². The van der Waals surface area contributed by atoms with Crippen molar-refractivity contribution in [2.75, 3.05) is 49.2 Å². The van der Waals surface area contributed by atoms with Crippen LogP contribution >= 0.6 is 0 Å². The monoisotopic (exact) mass is 488 g/mol. The van der Waals surface area contributed by atoms with Gasteiger partial charge in [0, 0.05) is 31.9 Å². The second-order valence-corrected chi connectivity index (χ2v) is 7.98. The molecule has 1 aliphatic heterocycles. The van der Waals surface area contributed by atoms with Crippen LogP contribution in [0.2, 0.25) is 0 Å². The number of halogens is 2. The van der Waals surface area contributed by atoms with E-state index >= 15 is 0 Å². The molecule has 35 heavy (non-hydrogen) atoms. The fraction of sp³-hybridized carbons (Fsp3) is 0.429. The first-order valence-corrected chi connectivity index (χ1v) is 11.0. The van der Waals surface area contributed by atoms with Crippen LogP contribution in [-0.4, -0.2) is 80.7 Å². The van der Waals surface area contributed by atoms with Crippen LogP contribution in [-0.2, 0) is 4.79 Å². The molecule has 0 aromatic carbocycles. The maximum absolute atomic E-state index is 14.7. The molecule has 5 N–H and O–H groups in total. The molecule has 4 heterocycles. The molecule has 1 amide bonds. The molecule has 1 atom stereocenters. The SMILES string of the molecule is CCNc1nc(-c2ccn3nc(N[C@@H]4CCN(C(=O)CO)CC4(F)F)nc(NC)c23)ccc1N=N. The normalized spacial score (nSPS) is 17.3. The first-order valence-electron chi connectivity index (χ1n) is 11.0. The van der Waals surface area contributed by atoms with Gasteiger partial charge in [-0.05, 0) is 31.5 Å². The van der Waals surface area contributed by atoms with E-state index in [-0.39, 0.29) is 18.9 Å². The number of rotatable bonds is 8. The van der Waals surface area contributed by atoms with Crippen LogP contribution in [0.25, 0.3) is 16.8 Å². The molecule has 12 nitrogen and oxygen atoms in total. The lowest BCUT2D eigenvalue weighted by Gasteiger charge is -2.38. The smallest absolute Gasteiger partial charge is 0.285 e. The molecule has 186 valence electrons. The maximum Gasteiger partial charge on any atom is 0.285 e. The van der Waals surface area contributed by atoms with Crippen LogP contribution in [0.4, 0.5) is 32.1 Å². The molecule has 14 heteroatoms. The number of amides is 1. The number of piperidine rings is 1. The Morgan fingerprint density at radius 2 is 2.11 bits per heavy atom. The van der Waals surface area contributed by atoms with Gasteiger partial charge in [-0.25, -0.2) is 23.8 Å². The molecule has 1 saturated heterocycles. The Morgan fingerprint density at radius 3 is 2.77 bits per heavy atom. The number of fused-ring (bicyclic) bond motifs is 1. The number of likely N-dealkylation sites (tertiary alicyclic amines) is 1. The van der Waals surface area contributed by atoms with Gasteiger partial charge in [0.2, 0.25) is 11.9 Å². The lowest BCUT2D eigenvalue weighted by Crippen LogP contribution is -2.56. The van der Waals surface area contributed by atoms with Gasteiger partial charge >= 0.3 is 0 Å². The van der Waals surface area contributed by atoms with Gasteiger partial charge in [0.15, 0.2) is 11.6 Å². The molecule has 0 saturated carbocycles. The zero-order valence-corrected chi connectivity index (χ0v) is 19.2. The van der Waals surface area contributed by atoms with Crippen molar-refractivity contribution < 1.29 is 18.7 Å². The first-order chi connectivity index (χ1) is 16.8. The Hall–Kier alpha value is -3.94. The van der Waals surface area contributed by atoms with Crippen molar-refractivity contribution in [3.63, 3.8) is 0 Å². The number of carbonyl (C=O) groups excluding carboxylic acids is 1. The molecular weight excluding hydrogens is 462 g/mol. The fourth-order valence-electron chi connectivity index (χ4n) is 4.04. The quantitative estimate of drug-likeness (QED) is 0.303. The summed E-state index contributed by atoms with van der Waals surface area (Å²) >= 11 is 0. The molecule has 3 aromatic heterocycles. The zero-order valence-electron chi connectivity index (χ0n) is 19.2. The Balaban J connectivity index is 1.65. The fourth-order valence-corrected chi connectivity index (χ4v) is 4.04. The highest BCUT2D eigenvalue weighted by molar-refractivity contribution is 5.88. The molecule has 0 bridgehead atoms. The summed E-state index contributed by atoms with van der Waals surface area (Å²) in [6.45, 7) is 1.00. The van der Waals surface area contributed by atoms with Crippen molar-refractivity contribution in [3.8, 4) is 11.3 Å². The number of hydrogen-bond acceptors (Lipinski definition) is 10. The summed E-state index contributed by atoms with van der Waals surface area (Å²) in [5, 5.41) is 25.6. The average molecular weight is 489 g/mol.